The van der Waals surface area contributed by atoms with Crippen LogP contribution in [0.3, 0.4) is 0 Å². The fourth-order valence-corrected chi connectivity index (χ4v) is 3.13. The number of ether oxygens (including phenoxy) is 5. The van der Waals surface area contributed by atoms with E-state index < -0.39 is 41.7 Å². The van der Waals surface area contributed by atoms with E-state index in [1.54, 1.807) is 12.1 Å². The molecule has 0 fully saturated rings. The highest BCUT2D eigenvalue weighted by Crippen LogP contribution is 2.36. The van der Waals surface area contributed by atoms with Crippen molar-refractivity contribution < 1.29 is 52.5 Å². The Morgan fingerprint density at radius 2 is 1.06 bits per heavy atom. The van der Waals surface area contributed by atoms with E-state index in [0.29, 0.717) is 5.56 Å². The first-order valence-corrected chi connectivity index (χ1v) is 10.6. The lowest BCUT2D eigenvalue weighted by molar-refractivity contribution is -0.144. The van der Waals surface area contributed by atoms with Crippen molar-refractivity contribution in [3.8, 4) is 23.0 Å². The van der Waals surface area contributed by atoms with Gasteiger partial charge in [-0.3, -0.25) is 28.8 Å². The Hall–Kier alpha value is -4.54. The summed E-state index contributed by atoms with van der Waals surface area (Å²) >= 11 is 0. The minimum absolute atomic E-state index is 0.122. The van der Waals surface area contributed by atoms with Gasteiger partial charge >= 0.3 is 29.8 Å². The van der Waals surface area contributed by atoms with Gasteiger partial charge in [0.25, 0.3) is 0 Å². The van der Waals surface area contributed by atoms with Gasteiger partial charge in [-0.1, -0.05) is 12.1 Å². The quantitative estimate of drug-likeness (QED) is 0.284. The number of hydrogen-bond donors (Lipinski definition) is 0. The van der Waals surface area contributed by atoms with Crippen LogP contribution >= 0.6 is 0 Å². The van der Waals surface area contributed by atoms with E-state index in [9.17, 15) is 28.8 Å². The second-order valence-electron chi connectivity index (χ2n) is 7.48. The van der Waals surface area contributed by atoms with E-state index in [-0.39, 0.29) is 35.0 Å². The Labute approximate surface area is 206 Å². The molecule has 0 spiro atoms. The predicted octanol–water partition coefficient (Wildman–Crippen LogP) is 2.74. The first kappa shape index (κ1) is 27.7. The van der Waals surface area contributed by atoms with Crippen LogP contribution in [0, 0.1) is 0 Å². The van der Waals surface area contributed by atoms with E-state index >= 15 is 0 Å². The second-order valence-corrected chi connectivity index (χ2v) is 7.48. The molecule has 2 aromatic rings. The molecule has 190 valence electrons. The van der Waals surface area contributed by atoms with Gasteiger partial charge in [0.1, 0.15) is 28.6 Å². The van der Waals surface area contributed by atoms with Crippen molar-refractivity contribution in [1.82, 2.24) is 0 Å². The second kappa shape index (κ2) is 12.2. The van der Waals surface area contributed by atoms with Crippen LogP contribution < -0.4 is 18.9 Å². The van der Waals surface area contributed by atoms with Gasteiger partial charge < -0.3 is 23.7 Å². The average Bonchev–Trinajstić information content (AvgIpc) is 2.72. The van der Waals surface area contributed by atoms with Crippen LogP contribution in [0.15, 0.2) is 36.4 Å². The molecule has 36 heavy (non-hydrogen) atoms. The fraction of sp³-hybridized carbons (Fsp3) is 0.280. The molecule has 0 unspecified atom stereocenters. The molecule has 2 aromatic carbocycles. The van der Waals surface area contributed by atoms with Gasteiger partial charge in [0.2, 0.25) is 5.78 Å². The molecule has 0 heterocycles. The molecule has 0 aromatic heterocycles. The molecular weight excluding hydrogens is 476 g/mol. The number of Topliss-reactive ketones (excluding diaryl/α,β-unsaturated/α-hetero) is 1. The highest BCUT2D eigenvalue weighted by molar-refractivity contribution is 6.06. The van der Waals surface area contributed by atoms with Gasteiger partial charge in [-0.05, 0) is 17.7 Å². The van der Waals surface area contributed by atoms with Gasteiger partial charge in [0.15, 0.2) is 6.10 Å². The zero-order valence-corrected chi connectivity index (χ0v) is 20.2. The van der Waals surface area contributed by atoms with Crippen LogP contribution in [0.2, 0.25) is 0 Å². The van der Waals surface area contributed by atoms with Crippen LogP contribution in [-0.2, 0) is 35.1 Å². The molecule has 2 rings (SSSR count). The zero-order chi connectivity index (χ0) is 27.0. The summed E-state index contributed by atoms with van der Waals surface area (Å²) in [4.78, 5) is 71.4. The first-order chi connectivity index (χ1) is 16.8. The summed E-state index contributed by atoms with van der Waals surface area (Å²) in [6.45, 7) is 5.63. The molecule has 1 atom stereocenters. The molecule has 0 aliphatic rings. The maximum Gasteiger partial charge on any atom is 0.308 e. The van der Waals surface area contributed by atoms with Crippen molar-refractivity contribution >= 4 is 35.6 Å². The Bertz CT molecular complexity index is 1160. The SMILES string of the molecule is CC(=O)Oc1ccc(C[C@H](OC(C)=O)C(=O)c2c(OC(C)=O)cc(OC(C)=O)cc2OC(C)=O)cc1. The standard InChI is InChI=1S/C25H24O11/c1-13(26)32-19-8-6-18(7-9-19)10-23(36-17(5)30)25(31)24-21(34-15(3)28)11-20(33-14(2)27)12-22(24)35-16(4)29/h6-9,11-12,23H,10H2,1-5H3/t23-/m0/s1. The van der Waals surface area contributed by atoms with Crippen molar-refractivity contribution in [2.45, 2.75) is 47.1 Å². The number of carbonyl (C=O) groups excluding carboxylic acids is 6. The van der Waals surface area contributed by atoms with E-state index in [1.165, 1.54) is 19.1 Å². The Morgan fingerprint density at radius 3 is 1.47 bits per heavy atom. The van der Waals surface area contributed by atoms with Gasteiger partial charge in [0, 0.05) is 53.2 Å². The normalized spacial score (nSPS) is 11.0. The lowest BCUT2D eigenvalue weighted by Crippen LogP contribution is -2.30. The minimum atomic E-state index is -1.43. The van der Waals surface area contributed by atoms with Crippen LogP contribution in [0.4, 0.5) is 0 Å². The summed E-state index contributed by atoms with van der Waals surface area (Å²) in [5, 5.41) is 0. The smallest absolute Gasteiger partial charge is 0.308 e. The molecule has 0 saturated carbocycles. The largest absolute Gasteiger partial charge is 0.454 e. The molecule has 0 radical (unpaired) electrons. The molecule has 0 N–H and O–H groups in total. The van der Waals surface area contributed by atoms with Crippen molar-refractivity contribution in [2.24, 2.45) is 0 Å². The molecule has 11 heteroatoms. The van der Waals surface area contributed by atoms with Crippen LogP contribution in [-0.4, -0.2) is 41.7 Å². The molecule has 0 saturated heterocycles. The van der Waals surface area contributed by atoms with Crippen molar-refractivity contribution in [2.75, 3.05) is 0 Å². The molecule has 0 amide bonds. The highest BCUT2D eigenvalue weighted by atomic mass is 16.6. The third-order valence-corrected chi connectivity index (χ3v) is 4.26. The number of ketones is 1. The number of benzene rings is 2. The molecular formula is C25H24O11. The zero-order valence-electron chi connectivity index (χ0n) is 20.2. The minimum Gasteiger partial charge on any atom is -0.454 e. The van der Waals surface area contributed by atoms with E-state index in [1.807, 2.05) is 0 Å². The molecule has 0 bridgehead atoms. The lowest BCUT2D eigenvalue weighted by atomic mass is 9.97. The monoisotopic (exact) mass is 500 g/mol. The third kappa shape index (κ3) is 8.35. The Balaban J connectivity index is 2.57. The Kier molecular flexibility index (Phi) is 9.42. The Morgan fingerprint density at radius 1 is 0.611 bits per heavy atom. The molecule has 0 aliphatic carbocycles. The number of rotatable bonds is 9. The first-order valence-electron chi connectivity index (χ1n) is 10.6. The van der Waals surface area contributed by atoms with Crippen LogP contribution in [0.25, 0.3) is 0 Å². The summed E-state index contributed by atoms with van der Waals surface area (Å²) < 4.78 is 25.5. The summed E-state index contributed by atoms with van der Waals surface area (Å²) in [5.74, 6) is -5.11. The fourth-order valence-electron chi connectivity index (χ4n) is 3.13. The number of carbonyl (C=O) groups is 6. The predicted molar refractivity (Wildman–Crippen MR) is 122 cm³/mol. The van der Waals surface area contributed by atoms with Crippen molar-refractivity contribution in [3.63, 3.8) is 0 Å². The van der Waals surface area contributed by atoms with E-state index in [2.05, 4.69) is 0 Å². The maximum atomic E-state index is 13.6. The van der Waals surface area contributed by atoms with Crippen LogP contribution in [0.1, 0.15) is 50.5 Å². The van der Waals surface area contributed by atoms with Gasteiger partial charge in [-0.2, -0.15) is 0 Å². The summed E-state index contributed by atoms with van der Waals surface area (Å²) in [6, 6.07) is 8.31. The molecule has 11 nitrogen and oxygen atoms in total. The molecule has 0 aliphatic heterocycles. The van der Waals surface area contributed by atoms with Crippen molar-refractivity contribution in [1.29, 1.82) is 0 Å². The van der Waals surface area contributed by atoms with E-state index in [0.717, 1.165) is 39.8 Å². The summed E-state index contributed by atoms with van der Waals surface area (Å²) in [5.41, 5.74) is 0.157. The van der Waals surface area contributed by atoms with E-state index in [4.69, 9.17) is 23.7 Å². The van der Waals surface area contributed by atoms with Gasteiger partial charge in [-0.15, -0.1) is 0 Å². The number of esters is 5. The van der Waals surface area contributed by atoms with Crippen molar-refractivity contribution in [3.05, 3.63) is 47.5 Å². The highest BCUT2D eigenvalue weighted by Gasteiger charge is 2.31. The summed E-state index contributed by atoms with van der Waals surface area (Å²) in [6.07, 6.45) is -1.55. The lowest BCUT2D eigenvalue weighted by Gasteiger charge is -2.20. The third-order valence-electron chi connectivity index (χ3n) is 4.26. The van der Waals surface area contributed by atoms with Crippen LogP contribution in [0.5, 0.6) is 23.0 Å². The van der Waals surface area contributed by atoms with Gasteiger partial charge in [0.05, 0.1) is 0 Å². The van der Waals surface area contributed by atoms with Gasteiger partial charge in [-0.25, -0.2) is 0 Å². The maximum absolute atomic E-state index is 13.6. The summed E-state index contributed by atoms with van der Waals surface area (Å²) in [7, 11) is 0. The average molecular weight is 500 g/mol. The topological polar surface area (TPSA) is 149 Å². The number of hydrogen-bond acceptors (Lipinski definition) is 11.